The van der Waals surface area contributed by atoms with Crippen LogP contribution in [0.3, 0.4) is 0 Å². The molecule has 0 radical (unpaired) electrons. The molecule has 3 aliphatic heterocycles. The number of nitrogens with one attached hydrogen (secondary N) is 1. The number of amides is 3. The number of ether oxygens (including phenoxy) is 1. The van der Waals surface area contributed by atoms with Crippen molar-refractivity contribution < 1.29 is 37.6 Å². The summed E-state index contributed by atoms with van der Waals surface area (Å²) in [4.78, 5) is 25.7. The number of benzene rings is 2. The van der Waals surface area contributed by atoms with Gasteiger partial charge in [-0.25, -0.2) is 9.36 Å². The molecule has 2 aromatic rings. The van der Waals surface area contributed by atoms with Crippen LogP contribution < -0.4 is 9.84 Å². The third-order valence-corrected chi connectivity index (χ3v) is 7.79. The summed E-state index contributed by atoms with van der Waals surface area (Å²) in [5.41, 5.74) is 2.80. The van der Waals surface area contributed by atoms with Crippen LogP contribution in [0.15, 0.2) is 60.2 Å². The van der Waals surface area contributed by atoms with Gasteiger partial charge < -0.3 is 14.4 Å². The SMILES string of the molecule is O=C1NC(=O)N([C@H]2C[C@H](O)[C@@H](CO[P@]3(=O)OCc4cccc(-c5ccccc5)c4O3)O2)C/C1=C\CBr. The van der Waals surface area contributed by atoms with Gasteiger partial charge in [0, 0.05) is 28.5 Å². The normalized spacial score (nSPS) is 29.1. The average Bonchev–Trinajstić information content (AvgIpc) is 3.25. The zero-order chi connectivity index (χ0) is 25.3. The molecule has 0 bridgehead atoms. The maximum absolute atomic E-state index is 13.3. The zero-order valence-corrected chi connectivity index (χ0v) is 21.5. The van der Waals surface area contributed by atoms with E-state index in [9.17, 15) is 19.3 Å². The lowest BCUT2D eigenvalue weighted by Crippen LogP contribution is -2.54. The number of carbonyl (C=O) groups is 2. The maximum atomic E-state index is 13.3. The molecule has 3 amide bonds. The van der Waals surface area contributed by atoms with E-state index in [1.807, 2.05) is 48.5 Å². The van der Waals surface area contributed by atoms with E-state index in [1.54, 1.807) is 6.08 Å². The van der Waals surface area contributed by atoms with Crippen LogP contribution in [0.5, 0.6) is 5.75 Å². The van der Waals surface area contributed by atoms with Crippen molar-refractivity contribution in [1.29, 1.82) is 0 Å². The molecular formula is C24H24BrN2O8P. The van der Waals surface area contributed by atoms with E-state index >= 15 is 0 Å². The van der Waals surface area contributed by atoms with Gasteiger partial charge in [0.05, 0.1) is 25.9 Å². The summed E-state index contributed by atoms with van der Waals surface area (Å²) < 4.78 is 35.9. The Kier molecular flexibility index (Phi) is 7.30. The number of rotatable bonds is 6. The van der Waals surface area contributed by atoms with E-state index in [4.69, 9.17) is 18.3 Å². The molecule has 2 fully saturated rings. The molecule has 0 spiro atoms. The number of alkyl halides is 1. The Hall–Kier alpha value is -2.53. The largest absolute Gasteiger partial charge is 0.530 e. The van der Waals surface area contributed by atoms with Crippen LogP contribution in [0.25, 0.3) is 11.1 Å². The number of fused-ring (bicyclic) bond motifs is 1. The molecule has 0 aromatic heterocycles. The minimum Gasteiger partial charge on any atom is -0.403 e. The highest BCUT2D eigenvalue weighted by molar-refractivity contribution is 9.09. The van der Waals surface area contributed by atoms with Crippen LogP contribution in [0.2, 0.25) is 0 Å². The van der Waals surface area contributed by atoms with Crippen molar-refractivity contribution in [2.24, 2.45) is 0 Å². The Morgan fingerprint density at radius 2 is 2.00 bits per heavy atom. The summed E-state index contributed by atoms with van der Waals surface area (Å²) in [6.45, 7) is -0.199. The van der Waals surface area contributed by atoms with E-state index in [2.05, 4.69) is 21.2 Å². The highest BCUT2D eigenvalue weighted by Crippen LogP contribution is 2.56. The molecule has 2 N–H and O–H groups in total. The van der Waals surface area contributed by atoms with E-state index < -0.39 is 38.2 Å². The third-order valence-electron chi connectivity index (χ3n) is 6.15. The number of aliphatic hydroxyl groups excluding tert-OH is 1. The standard InChI is InChI=1S/C24H24BrN2O8P/c25-10-9-16-12-27(24(30)26-23(16)29)21-11-19(28)20(34-21)14-33-36(31)32-13-17-7-4-8-18(22(17)35-36)15-5-2-1-3-6-15/h1-9,19-21,28H,10-14H2,(H,26,29,30)/b16-9+/t19-,20+,21+,36-/m0/s1. The van der Waals surface area contributed by atoms with E-state index in [-0.39, 0.29) is 26.2 Å². The third kappa shape index (κ3) is 5.13. The molecule has 0 saturated carbocycles. The van der Waals surface area contributed by atoms with Gasteiger partial charge in [-0.2, -0.15) is 0 Å². The van der Waals surface area contributed by atoms with Gasteiger partial charge in [0.1, 0.15) is 18.1 Å². The highest BCUT2D eigenvalue weighted by Gasteiger charge is 2.44. The van der Waals surface area contributed by atoms with Crippen LogP contribution in [0.4, 0.5) is 4.79 Å². The number of phosphoric acid groups is 1. The molecule has 12 heteroatoms. The van der Waals surface area contributed by atoms with Gasteiger partial charge in [0.25, 0.3) is 5.91 Å². The van der Waals surface area contributed by atoms with Crippen molar-refractivity contribution in [3.63, 3.8) is 0 Å². The first-order valence-corrected chi connectivity index (χ1v) is 13.9. The lowest BCUT2D eigenvalue weighted by Gasteiger charge is -2.32. The number of carbonyl (C=O) groups excluding carboxylic acids is 2. The number of imide groups is 1. The van der Waals surface area contributed by atoms with E-state index in [1.165, 1.54) is 4.90 Å². The number of phosphoric ester groups is 1. The molecule has 36 heavy (non-hydrogen) atoms. The van der Waals surface area contributed by atoms with Gasteiger partial charge in [-0.1, -0.05) is 70.5 Å². The van der Waals surface area contributed by atoms with Crippen LogP contribution in [-0.4, -0.2) is 58.9 Å². The summed E-state index contributed by atoms with van der Waals surface area (Å²) in [5, 5.41) is 13.3. The second kappa shape index (κ2) is 10.5. The first-order chi connectivity index (χ1) is 17.4. The predicted molar refractivity (Wildman–Crippen MR) is 132 cm³/mol. The Labute approximate surface area is 215 Å². The Morgan fingerprint density at radius 1 is 1.19 bits per heavy atom. The number of aliphatic hydroxyl groups is 1. The van der Waals surface area contributed by atoms with Gasteiger partial charge in [-0.15, -0.1) is 0 Å². The quantitative estimate of drug-likeness (QED) is 0.302. The summed E-state index contributed by atoms with van der Waals surface area (Å²) in [7, 11) is -4.01. The number of hydrogen-bond acceptors (Lipinski definition) is 8. The second-order valence-corrected chi connectivity index (χ2v) is 10.7. The highest BCUT2D eigenvalue weighted by atomic mass is 79.9. The summed E-state index contributed by atoms with van der Waals surface area (Å²) in [6, 6.07) is 14.5. The number of urea groups is 1. The lowest BCUT2D eigenvalue weighted by atomic mass is 10.0. The number of hydrogen-bond donors (Lipinski definition) is 2. The van der Waals surface area contributed by atoms with Gasteiger partial charge in [-0.3, -0.25) is 24.1 Å². The Balaban J connectivity index is 1.25. The summed E-state index contributed by atoms with van der Waals surface area (Å²) >= 11 is 3.24. The minimum atomic E-state index is -4.01. The number of para-hydroxylation sites is 1. The fraction of sp³-hybridized carbons (Fsp3) is 0.333. The molecular weight excluding hydrogens is 555 g/mol. The predicted octanol–water partition coefficient (Wildman–Crippen LogP) is 3.74. The van der Waals surface area contributed by atoms with Gasteiger partial charge in [0.15, 0.2) is 0 Å². The van der Waals surface area contributed by atoms with E-state index in [0.29, 0.717) is 16.7 Å². The molecule has 0 aliphatic carbocycles. The zero-order valence-electron chi connectivity index (χ0n) is 19.0. The molecule has 10 nitrogen and oxygen atoms in total. The van der Waals surface area contributed by atoms with Gasteiger partial charge in [0.2, 0.25) is 0 Å². The average molecular weight is 579 g/mol. The molecule has 2 saturated heterocycles. The van der Waals surface area contributed by atoms with Crippen LogP contribution in [-0.2, 0) is 29.8 Å². The minimum absolute atomic E-state index is 0.0364. The topological polar surface area (TPSA) is 124 Å². The Bertz CT molecular complexity index is 1240. The summed E-state index contributed by atoms with van der Waals surface area (Å²) in [6.07, 6.45) is -0.906. The molecule has 5 rings (SSSR count). The number of nitrogens with zero attached hydrogens (tertiary/aromatic N) is 1. The molecule has 4 atom stereocenters. The van der Waals surface area contributed by atoms with Crippen molar-refractivity contribution in [2.45, 2.75) is 31.5 Å². The van der Waals surface area contributed by atoms with Gasteiger partial charge >= 0.3 is 13.9 Å². The van der Waals surface area contributed by atoms with Crippen molar-refractivity contribution in [3.05, 3.63) is 65.7 Å². The molecule has 190 valence electrons. The molecule has 0 unspecified atom stereocenters. The number of allylic oxidation sites excluding steroid dienone is 1. The van der Waals surface area contributed by atoms with E-state index in [0.717, 1.165) is 16.7 Å². The van der Waals surface area contributed by atoms with Crippen molar-refractivity contribution in [3.8, 4) is 16.9 Å². The maximum Gasteiger partial charge on any atom is 0.530 e. The van der Waals surface area contributed by atoms with Crippen molar-refractivity contribution >= 4 is 35.7 Å². The molecule has 2 aromatic carbocycles. The molecule has 3 heterocycles. The molecule has 3 aliphatic rings. The summed E-state index contributed by atoms with van der Waals surface area (Å²) in [5.74, 6) is -0.0428. The number of halogens is 1. The first kappa shape index (κ1) is 25.1. The fourth-order valence-electron chi connectivity index (χ4n) is 4.28. The van der Waals surface area contributed by atoms with Crippen LogP contribution in [0, 0.1) is 0 Å². The monoisotopic (exact) mass is 578 g/mol. The lowest BCUT2D eigenvalue weighted by molar-refractivity contribution is -0.119. The Morgan fingerprint density at radius 3 is 2.78 bits per heavy atom. The van der Waals surface area contributed by atoms with Crippen molar-refractivity contribution in [2.75, 3.05) is 18.5 Å². The van der Waals surface area contributed by atoms with Crippen LogP contribution >= 0.6 is 23.8 Å². The smallest absolute Gasteiger partial charge is 0.403 e. The van der Waals surface area contributed by atoms with Gasteiger partial charge in [-0.05, 0) is 5.56 Å². The van der Waals surface area contributed by atoms with Crippen molar-refractivity contribution in [1.82, 2.24) is 10.2 Å². The second-order valence-electron chi connectivity index (χ2n) is 8.47. The van der Waals surface area contributed by atoms with Crippen LogP contribution in [0.1, 0.15) is 12.0 Å². The first-order valence-electron chi connectivity index (χ1n) is 11.3. The fourth-order valence-corrected chi connectivity index (χ4v) is 5.92.